The summed E-state index contributed by atoms with van der Waals surface area (Å²) in [5.74, 6) is 0. The van der Waals surface area contributed by atoms with Gasteiger partial charge in [0.05, 0.1) is 22.0 Å². The molecule has 1 aromatic heterocycles. The molecule has 0 bridgehead atoms. The molecule has 268 valence electrons. The molecule has 3 aliphatic carbocycles. The summed E-state index contributed by atoms with van der Waals surface area (Å²) in [7, 11) is 0. The van der Waals surface area contributed by atoms with Crippen molar-refractivity contribution in [3.8, 4) is 44.6 Å². The van der Waals surface area contributed by atoms with E-state index in [1.165, 1.54) is 88.7 Å². The minimum absolute atomic E-state index is 0.451. The highest BCUT2D eigenvalue weighted by Crippen LogP contribution is 2.67. The van der Waals surface area contributed by atoms with Crippen molar-refractivity contribution in [3.05, 3.63) is 257 Å². The lowest BCUT2D eigenvalue weighted by molar-refractivity contribution is 0.633. The molecule has 0 saturated heterocycles. The summed E-state index contributed by atoms with van der Waals surface area (Å²) in [4.78, 5) is 5.28. The molecule has 0 amide bonds. The third-order valence-corrected chi connectivity index (χ3v) is 13.5. The third kappa shape index (κ3) is 3.93. The maximum absolute atomic E-state index is 5.28. The molecule has 0 atom stereocenters. The molecule has 13 rings (SSSR count). The van der Waals surface area contributed by atoms with Crippen LogP contribution in [0.1, 0.15) is 44.5 Å². The summed E-state index contributed by atoms with van der Waals surface area (Å²) in [5.41, 5.74) is 20.6. The van der Waals surface area contributed by atoms with E-state index in [-0.39, 0.29) is 0 Å². The van der Waals surface area contributed by atoms with E-state index < -0.39 is 10.8 Å². The van der Waals surface area contributed by atoms with Crippen LogP contribution in [0, 0.1) is 0 Å². The Morgan fingerprint density at radius 2 is 0.724 bits per heavy atom. The van der Waals surface area contributed by atoms with Crippen molar-refractivity contribution in [2.24, 2.45) is 0 Å². The Morgan fingerprint density at radius 3 is 1.34 bits per heavy atom. The van der Waals surface area contributed by atoms with Crippen LogP contribution in [0.15, 0.2) is 212 Å². The second-order valence-electron chi connectivity index (χ2n) is 16.1. The average molecular weight is 734 g/mol. The first kappa shape index (κ1) is 31.8. The fraction of sp³-hybridized carbons (Fsp3) is 0.0351. The molecule has 10 aromatic rings. The molecule has 0 fully saturated rings. The summed E-state index contributed by atoms with van der Waals surface area (Å²) in [6.45, 7) is 0. The number of fused-ring (bicyclic) bond motifs is 19. The van der Waals surface area contributed by atoms with E-state index in [4.69, 9.17) is 4.98 Å². The highest BCUT2D eigenvalue weighted by Gasteiger charge is 2.58. The van der Waals surface area contributed by atoms with E-state index in [2.05, 4.69) is 212 Å². The lowest BCUT2D eigenvalue weighted by Gasteiger charge is -2.48. The van der Waals surface area contributed by atoms with E-state index in [0.717, 1.165) is 22.2 Å². The molecule has 9 aromatic carbocycles. The van der Waals surface area contributed by atoms with Gasteiger partial charge in [0.1, 0.15) is 0 Å². The van der Waals surface area contributed by atoms with Gasteiger partial charge in [-0.2, -0.15) is 0 Å². The molecule has 1 heterocycles. The summed E-state index contributed by atoms with van der Waals surface area (Å²) in [5, 5.41) is 3.54. The molecule has 3 aliphatic rings. The number of nitrogens with zero attached hydrogens (tertiary/aromatic N) is 1. The van der Waals surface area contributed by atoms with Crippen molar-refractivity contribution in [2.45, 2.75) is 10.8 Å². The van der Waals surface area contributed by atoms with Gasteiger partial charge in [-0.15, -0.1) is 0 Å². The topological polar surface area (TPSA) is 12.9 Å². The van der Waals surface area contributed by atoms with Gasteiger partial charge in [-0.3, -0.25) is 0 Å². The maximum atomic E-state index is 5.28. The van der Waals surface area contributed by atoms with Crippen LogP contribution >= 0.6 is 0 Å². The normalized spacial score (nSPS) is 14.5. The van der Waals surface area contributed by atoms with Crippen molar-refractivity contribution < 1.29 is 0 Å². The lowest BCUT2D eigenvalue weighted by atomic mass is 9.52. The molecule has 1 nitrogen and oxygen atoms in total. The van der Waals surface area contributed by atoms with E-state index in [9.17, 15) is 0 Å². The van der Waals surface area contributed by atoms with Gasteiger partial charge in [0.2, 0.25) is 0 Å². The SMILES string of the molecule is c1cc(-c2ccc3c(c2)C2(c4ccccc4-3)c3ccccc3C3(c4ccccc4-c4ccccc43)c3ccccc32)cc(-c2ccc3ccc4ccccc4c3n2)c1. The van der Waals surface area contributed by atoms with Crippen molar-refractivity contribution in [1.82, 2.24) is 4.98 Å². The molecular formula is C57H35N. The largest absolute Gasteiger partial charge is 0.247 e. The van der Waals surface area contributed by atoms with Crippen LogP contribution in [0.4, 0.5) is 0 Å². The lowest BCUT2D eigenvalue weighted by Crippen LogP contribution is -2.43. The zero-order valence-electron chi connectivity index (χ0n) is 31.7. The fourth-order valence-corrected chi connectivity index (χ4v) is 11.3. The second-order valence-corrected chi connectivity index (χ2v) is 16.1. The monoisotopic (exact) mass is 733 g/mol. The molecule has 58 heavy (non-hydrogen) atoms. The zero-order chi connectivity index (χ0) is 38.0. The van der Waals surface area contributed by atoms with Gasteiger partial charge >= 0.3 is 0 Å². The van der Waals surface area contributed by atoms with E-state index >= 15 is 0 Å². The van der Waals surface area contributed by atoms with Crippen LogP contribution in [-0.2, 0) is 10.8 Å². The van der Waals surface area contributed by atoms with Crippen molar-refractivity contribution in [1.29, 1.82) is 0 Å². The minimum Gasteiger partial charge on any atom is -0.247 e. The Labute approximate surface area is 337 Å². The van der Waals surface area contributed by atoms with Gasteiger partial charge < -0.3 is 0 Å². The maximum Gasteiger partial charge on any atom is 0.0787 e. The number of benzene rings is 9. The Kier molecular flexibility index (Phi) is 6.36. The molecular weight excluding hydrogens is 699 g/mol. The highest BCUT2D eigenvalue weighted by atomic mass is 14.7. The van der Waals surface area contributed by atoms with Gasteiger partial charge in [-0.05, 0) is 101 Å². The Balaban J connectivity index is 1.06. The average Bonchev–Trinajstić information content (AvgIpc) is 3.76. The molecule has 0 saturated carbocycles. The van der Waals surface area contributed by atoms with E-state index in [1.807, 2.05) is 0 Å². The molecule has 0 unspecified atom stereocenters. The van der Waals surface area contributed by atoms with Crippen LogP contribution in [0.2, 0.25) is 0 Å². The minimum atomic E-state index is -0.522. The van der Waals surface area contributed by atoms with E-state index in [1.54, 1.807) is 0 Å². The fourth-order valence-electron chi connectivity index (χ4n) is 11.3. The molecule has 2 spiro atoms. The van der Waals surface area contributed by atoms with Crippen LogP contribution in [-0.4, -0.2) is 4.98 Å². The van der Waals surface area contributed by atoms with Gasteiger partial charge in [-0.25, -0.2) is 4.98 Å². The smallest absolute Gasteiger partial charge is 0.0787 e. The first-order chi connectivity index (χ1) is 28.8. The molecule has 0 radical (unpaired) electrons. The predicted molar refractivity (Wildman–Crippen MR) is 238 cm³/mol. The number of aromatic nitrogens is 1. The number of hydrogen-bond donors (Lipinski definition) is 0. The first-order valence-electron chi connectivity index (χ1n) is 20.3. The molecule has 0 N–H and O–H groups in total. The number of rotatable bonds is 2. The number of hydrogen-bond acceptors (Lipinski definition) is 1. The van der Waals surface area contributed by atoms with Gasteiger partial charge in [0.25, 0.3) is 0 Å². The Morgan fingerprint density at radius 1 is 0.276 bits per heavy atom. The van der Waals surface area contributed by atoms with Crippen LogP contribution in [0.25, 0.3) is 66.3 Å². The van der Waals surface area contributed by atoms with Crippen LogP contribution in [0.3, 0.4) is 0 Å². The molecule has 0 aliphatic heterocycles. The summed E-state index contributed by atoms with van der Waals surface area (Å²) in [6, 6.07) is 79.4. The highest BCUT2D eigenvalue weighted by molar-refractivity contribution is 6.06. The predicted octanol–water partition coefficient (Wildman–Crippen LogP) is 13.8. The Hall–Kier alpha value is -7.35. The summed E-state index contributed by atoms with van der Waals surface area (Å²) >= 11 is 0. The van der Waals surface area contributed by atoms with Crippen molar-refractivity contribution in [3.63, 3.8) is 0 Å². The second kappa shape index (κ2) is 11.6. The number of pyridine rings is 1. The van der Waals surface area contributed by atoms with Gasteiger partial charge in [0, 0.05) is 16.3 Å². The quantitative estimate of drug-likeness (QED) is 0.161. The van der Waals surface area contributed by atoms with Gasteiger partial charge in [-0.1, -0.05) is 194 Å². The zero-order valence-corrected chi connectivity index (χ0v) is 31.7. The van der Waals surface area contributed by atoms with Gasteiger partial charge in [0.15, 0.2) is 0 Å². The van der Waals surface area contributed by atoms with Crippen LogP contribution < -0.4 is 0 Å². The first-order valence-corrected chi connectivity index (χ1v) is 20.3. The summed E-state index contributed by atoms with van der Waals surface area (Å²) < 4.78 is 0. The third-order valence-electron chi connectivity index (χ3n) is 13.5. The van der Waals surface area contributed by atoms with Crippen molar-refractivity contribution >= 4 is 21.7 Å². The van der Waals surface area contributed by atoms with Crippen LogP contribution in [0.5, 0.6) is 0 Å². The van der Waals surface area contributed by atoms with Crippen molar-refractivity contribution in [2.75, 3.05) is 0 Å². The summed E-state index contributed by atoms with van der Waals surface area (Å²) in [6.07, 6.45) is 0. The standard InChI is InChI=1S/C57H35N/c1-2-17-41-36(14-1)28-29-37-31-33-54(58-55(37)41)40-16-13-15-38(34-40)39-30-32-45-44-20-5-8-23-48(44)57(53(45)35-39)51-26-11-9-24-49(51)56(50-25-10-12-27-52(50)57)46-21-6-3-18-42(46)43-19-4-7-22-47(43)56/h1-35H. The Bertz CT molecular complexity index is 3270. The van der Waals surface area contributed by atoms with E-state index in [0.29, 0.717) is 0 Å². The molecule has 1 heteroatoms.